The molecule has 0 saturated carbocycles. The van der Waals surface area contributed by atoms with Crippen LogP contribution in [0, 0.1) is 12.8 Å². The SMILES string of the molecule is CCc1ccc2nc(C)c(C(=O)O)c(N)c2c1OCC(C)(C)NC(=O)C(CC)CC. The number of aryl methyl sites for hydroxylation is 2. The summed E-state index contributed by atoms with van der Waals surface area (Å²) in [5, 5.41) is 13.1. The lowest BCUT2D eigenvalue weighted by Crippen LogP contribution is -2.49. The number of carbonyl (C=O) groups excluding carboxylic acids is 1. The van der Waals surface area contributed by atoms with Gasteiger partial charge in [0.15, 0.2) is 0 Å². The highest BCUT2D eigenvalue weighted by molar-refractivity contribution is 6.07. The molecule has 1 heterocycles. The van der Waals surface area contributed by atoms with Crippen molar-refractivity contribution in [3.63, 3.8) is 0 Å². The van der Waals surface area contributed by atoms with Gasteiger partial charge in [0, 0.05) is 5.92 Å². The first-order valence-electron chi connectivity index (χ1n) is 10.5. The fourth-order valence-electron chi connectivity index (χ4n) is 3.62. The van der Waals surface area contributed by atoms with Crippen molar-refractivity contribution in [3.8, 4) is 5.75 Å². The molecule has 0 aliphatic rings. The van der Waals surface area contributed by atoms with E-state index in [9.17, 15) is 14.7 Å². The lowest BCUT2D eigenvalue weighted by molar-refractivity contribution is -0.127. The number of hydrogen-bond acceptors (Lipinski definition) is 5. The van der Waals surface area contributed by atoms with Crippen molar-refractivity contribution in [1.29, 1.82) is 0 Å². The van der Waals surface area contributed by atoms with E-state index in [1.54, 1.807) is 6.92 Å². The molecule has 2 rings (SSSR count). The Morgan fingerprint density at radius 3 is 2.40 bits per heavy atom. The third kappa shape index (κ3) is 4.83. The van der Waals surface area contributed by atoms with Crippen LogP contribution in [0.2, 0.25) is 0 Å². The van der Waals surface area contributed by atoms with Crippen molar-refractivity contribution >= 4 is 28.5 Å². The Labute approximate surface area is 178 Å². The van der Waals surface area contributed by atoms with Crippen LogP contribution in [0.4, 0.5) is 5.69 Å². The Morgan fingerprint density at radius 1 is 1.23 bits per heavy atom. The third-order valence-electron chi connectivity index (χ3n) is 5.40. The number of ether oxygens (including phenoxy) is 1. The van der Waals surface area contributed by atoms with Crippen molar-refractivity contribution in [2.24, 2.45) is 5.92 Å². The smallest absolute Gasteiger partial charge is 0.339 e. The van der Waals surface area contributed by atoms with Crippen LogP contribution in [0.15, 0.2) is 12.1 Å². The highest BCUT2D eigenvalue weighted by Gasteiger charge is 2.27. The fourth-order valence-corrected chi connectivity index (χ4v) is 3.62. The minimum atomic E-state index is -1.12. The molecule has 30 heavy (non-hydrogen) atoms. The number of nitrogens with zero attached hydrogens (tertiary/aromatic N) is 1. The number of rotatable bonds is 9. The van der Waals surface area contributed by atoms with E-state index in [1.165, 1.54) is 0 Å². The van der Waals surface area contributed by atoms with Gasteiger partial charge in [-0.2, -0.15) is 0 Å². The van der Waals surface area contributed by atoms with Gasteiger partial charge in [0.2, 0.25) is 5.91 Å². The second-order valence-corrected chi connectivity index (χ2v) is 8.27. The average molecular weight is 416 g/mol. The average Bonchev–Trinajstić information content (AvgIpc) is 2.66. The van der Waals surface area contributed by atoms with E-state index in [0.29, 0.717) is 28.8 Å². The van der Waals surface area contributed by atoms with Gasteiger partial charge >= 0.3 is 5.97 Å². The topological polar surface area (TPSA) is 115 Å². The largest absolute Gasteiger partial charge is 0.490 e. The maximum atomic E-state index is 12.5. The van der Waals surface area contributed by atoms with E-state index in [0.717, 1.165) is 18.4 Å². The predicted octanol–water partition coefficient (Wildman–Crippen LogP) is 4.10. The van der Waals surface area contributed by atoms with Crippen LogP contribution in [0.25, 0.3) is 10.9 Å². The molecule has 0 saturated heterocycles. The van der Waals surface area contributed by atoms with Gasteiger partial charge in [0.1, 0.15) is 17.9 Å². The standard InChI is InChI=1S/C23H33N3O4/c1-7-14(8-2)21(27)26-23(5,6)12-30-20-15(9-3)10-11-16-18(20)19(24)17(22(28)29)13(4)25-16/h10-11,14H,7-9,12H2,1-6H3,(H2,24,25)(H,26,27)(H,28,29). The molecule has 7 heteroatoms. The number of nitrogens with one attached hydrogen (secondary N) is 1. The molecule has 1 aromatic heterocycles. The third-order valence-corrected chi connectivity index (χ3v) is 5.40. The number of carbonyl (C=O) groups is 2. The van der Waals surface area contributed by atoms with E-state index in [-0.39, 0.29) is 29.7 Å². The van der Waals surface area contributed by atoms with Gasteiger partial charge in [-0.1, -0.05) is 26.8 Å². The number of carboxylic acids is 1. The predicted molar refractivity (Wildman–Crippen MR) is 119 cm³/mol. The molecule has 2 aromatic rings. The molecule has 0 aliphatic carbocycles. The van der Waals surface area contributed by atoms with Crippen molar-refractivity contribution in [3.05, 3.63) is 29.0 Å². The molecule has 0 unspecified atom stereocenters. The van der Waals surface area contributed by atoms with Crippen LogP contribution in [0.1, 0.15) is 69.1 Å². The number of aromatic nitrogens is 1. The van der Waals surface area contributed by atoms with E-state index < -0.39 is 11.5 Å². The first-order chi connectivity index (χ1) is 14.1. The zero-order chi connectivity index (χ0) is 22.6. The van der Waals surface area contributed by atoms with Crippen LogP contribution >= 0.6 is 0 Å². The van der Waals surface area contributed by atoms with Crippen molar-refractivity contribution < 1.29 is 19.4 Å². The number of amides is 1. The molecular formula is C23H33N3O4. The monoisotopic (exact) mass is 415 g/mol. The summed E-state index contributed by atoms with van der Waals surface area (Å²) in [5.74, 6) is -0.626. The van der Waals surface area contributed by atoms with Gasteiger partial charge in [-0.3, -0.25) is 9.78 Å². The van der Waals surface area contributed by atoms with Gasteiger partial charge in [-0.05, 0) is 51.7 Å². The second-order valence-electron chi connectivity index (χ2n) is 8.27. The van der Waals surface area contributed by atoms with E-state index in [1.807, 2.05) is 46.8 Å². The summed E-state index contributed by atoms with van der Waals surface area (Å²) in [6.45, 7) is 11.6. The molecule has 0 fully saturated rings. The lowest BCUT2D eigenvalue weighted by atomic mass is 9.99. The Balaban J connectivity index is 2.44. The van der Waals surface area contributed by atoms with Crippen molar-refractivity contribution in [2.45, 2.75) is 66.3 Å². The highest BCUT2D eigenvalue weighted by Crippen LogP contribution is 2.37. The summed E-state index contributed by atoms with van der Waals surface area (Å²) in [5.41, 5.74) is 7.64. The number of carboxylic acid groups (broad SMARTS) is 1. The van der Waals surface area contributed by atoms with Crippen LogP contribution in [0.3, 0.4) is 0 Å². The van der Waals surface area contributed by atoms with Crippen LogP contribution in [0.5, 0.6) is 5.75 Å². The summed E-state index contributed by atoms with van der Waals surface area (Å²) >= 11 is 0. The summed E-state index contributed by atoms with van der Waals surface area (Å²) in [6.07, 6.45) is 2.24. The van der Waals surface area contributed by atoms with Crippen LogP contribution < -0.4 is 15.8 Å². The number of aromatic carboxylic acids is 1. The van der Waals surface area contributed by atoms with E-state index in [4.69, 9.17) is 10.5 Å². The van der Waals surface area contributed by atoms with Gasteiger partial charge in [-0.15, -0.1) is 0 Å². The molecular weight excluding hydrogens is 382 g/mol. The van der Waals surface area contributed by atoms with E-state index >= 15 is 0 Å². The number of nitrogens with two attached hydrogens (primary N) is 1. The first kappa shape index (κ1) is 23.4. The normalized spacial score (nSPS) is 11.7. The Bertz CT molecular complexity index is 949. The molecule has 0 radical (unpaired) electrons. The maximum Gasteiger partial charge on any atom is 0.339 e. The van der Waals surface area contributed by atoms with Gasteiger partial charge in [0.05, 0.1) is 27.8 Å². The molecule has 0 bridgehead atoms. The Kier molecular flexibility index (Phi) is 7.29. The number of hydrogen-bond donors (Lipinski definition) is 3. The quantitative estimate of drug-likeness (QED) is 0.568. The second kappa shape index (κ2) is 9.32. The van der Waals surface area contributed by atoms with Crippen molar-refractivity contribution in [2.75, 3.05) is 12.3 Å². The molecule has 0 atom stereocenters. The number of anilines is 1. The number of benzene rings is 1. The van der Waals surface area contributed by atoms with Crippen molar-refractivity contribution in [1.82, 2.24) is 10.3 Å². The molecule has 164 valence electrons. The lowest BCUT2D eigenvalue weighted by Gasteiger charge is -2.29. The van der Waals surface area contributed by atoms with Gasteiger partial charge < -0.3 is 20.9 Å². The summed E-state index contributed by atoms with van der Waals surface area (Å²) in [4.78, 5) is 28.6. The molecule has 4 N–H and O–H groups in total. The van der Waals surface area contributed by atoms with Crippen LogP contribution in [-0.4, -0.2) is 34.1 Å². The number of pyridine rings is 1. The summed E-state index contributed by atoms with van der Waals surface area (Å²) < 4.78 is 6.18. The van der Waals surface area contributed by atoms with E-state index in [2.05, 4.69) is 10.3 Å². The summed E-state index contributed by atoms with van der Waals surface area (Å²) in [7, 11) is 0. The zero-order valence-electron chi connectivity index (χ0n) is 18.8. The Hall–Kier alpha value is -2.83. The molecule has 0 spiro atoms. The zero-order valence-corrected chi connectivity index (χ0v) is 18.8. The van der Waals surface area contributed by atoms with Crippen LogP contribution in [-0.2, 0) is 11.2 Å². The van der Waals surface area contributed by atoms with Gasteiger partial charge in [-0.25, -0.2) is 4.79 Å². The minimum absolute atomic E-state index is 0.00667. The maximum absolute atomic E-state index is 12.5. The number of fused-ring (bicyclic) bond motifs is 1. The first-order valence-corrected chi connectivity index (χ1v) is 10.5. The highest BCUT2D eigenvalue weighted by atomic mass is 16.5. The number of nitrogen functional groups attached to an aromatic ring is 1. The van der Waals surface area contributed by atoms with Gasteiger partial charge in [0.25, 0.3) is 0 Å². The minimum Gasteiger partial charge on any atom is -0.490 e. The molecule has 7 nitrogen and oxygen atoms in total. The molecule has 1 aromatic carbocycles. The molecule has 1 amide bonds. The fraction of sp³-hybridized carbons (Fsp3) is 0.522. The Morgan fingerprint density at radius 2 is 1.87 bits per heavy atom. The summed E-state index contributed by atoms with van der Waals surface area (Å²) in [6, 6.07) is 3.75. The molecule has 0 aliphatic heterocycles.